The number of benzene rings is 1. The van der Waals surface area contributed by atoms with Crippen molar-refractivity contribution in [2.75, 3.05) is 11.9 Å². The van der Waals surface area contributed by atoms with Crippen LogP contribution in [-0.2, 0) is 15.1 Å². The highest BCUT2D eigenvalue weighted by atomic mass is 35.5. The number of carbonyl (C=O) groups is 3. The monoisotopic (exact) mass is 424 g/mol. The van der Waals surface area contributed by atoms with Crippen LogP contribution in [0.4, 0.5) is 15.0 Å². The number of aryl methyl sites for hydroxylation is 1. The highest BCUT2D eigenvalue weighted by Crippen LogP contribution is 2.29. The van der Waals surface area contributed by atoms with Crippen molar-refractivity contribution in [3.63, 3.8) is 0 Å². The van der Waals surface area contributed by atoms with E-state index in [4.69, 9.17) is 23.2 Å². The largest absolute Gasteiger partial charge is 0.325 e. The van der Waals surface area contributed by atoms with Crippen molar-refractivity contribution in [1.82, 2.24) is 15.2 Å². The average Bonchev–Trinajstić information content (AvgIpc) is 2.84. The van der Waals surface area contributed by atoms with Crippen molar-refractivity contribution in [1.29, 1.82) is 0 Å². The molecule has 0 aliphatic carbocycles. The first-order valence-corrected chi connectivity index (χ1v) is 8.90. The lowest BCUT2D eigenvalue weighted by atomic mass is 9.92. The minimum absolute atomic E-state index is 0.0712. The van der Waals surface area contributed by atoms with Gasteiger partial charge in [0.05, 0.1) is 15.7 Å². The molecular weight excluding hydrogens is 410 g/mol. The van der Waals surface area contributed by atoms with Crippen LogP contribution in [0.2, 0.25) is 10.0 Å². The Morgan fingerprint density at radius 3 is 2.54 bits per heavy atom. The van der Waals surface area contributed by atoms with Gasteiger partial charge in [-0.25, -0.2) is 14.2 Å². The quantitative estimate of drug-likeness (QED) is 0.736. The lowest BCUT2D eigenvalue weighted by molar-refractivity contribution is -0.133. The zero-order valence-electron chi connectivity index (χ0n) is 14.8. The van der Waals surface area contributed by atoms with Gasteiger partial charge in [0.2, 0.25) is 5.91 Å². The lowest BCUT2D eigenvalue weighted by Gasteiger charge is -2.22. The van der Waals surface area contributed by atoms with E-state index >= 15 is 0 Å². The van der Waals surface area contributed by atoms with Crippen molar-refractivity contribution >= 4 is 46.9 Å². The normalized spacial score (nSPS) is 19.0. The Bertz CT molecular complexity index is 984. The van der Waals surface area contributed by atoms with Gasteiger partial charge in [-0.3, -0.25) is 14.5 Å². The molecule has 0 spiro atoms. The number of carbonyl (C=O) groups excluding carboxylic acids is 3. The van der Waals surface area contributed by atoms with Crippen LogP contribution in [0.5, 0.6) is 0 Å². The Hall–Kier alpha value is -2.71. The third-order valence-electron chi connectivity index (χ3n) is 4.36. The maximum Gasteiger partial charge on any atom is 0.325 e. The first kappa shape index (κ1) is 20.0. The molecule has 1 aliphatic rings. The van der Waals surface area contributed by atoms with E-state index in [1.165, 1.54) is 37.3 Å². The highest BCUT2D eigenvalue weighted by Gasteiger charge is 2.49. The standard InChI is InChI=1S/C18H15Cl2FN4O3/c1-9-12(19)7-13(20)15(22-9)23-14(26)8-25-16(27)18(2,24-17(25)28)10-3-5-11(21)6-4-10/h3-7H,8H2,1-2H3,(H,24,28)(H,22,23,26). The Morgan fingerprint density at radius 1 is 1.25 bits per heavy atom. The minimum Gasteiger partial charge on any atom is -0.319 e. The molecule has 0 bridgehead atoms. The Labute approximate surface area is 169 Å². The lowest BCUT2D eigenvalue weighted by Crippen LogP contribution is -2.42. The van der Waals surface area contributed by atoms with Gasteiger partial charge in [0.25, 0.3) is 5.91 Å². The van der Waals surface area contributed by atoms with E-state index in [2.05, 4.69) is 15.6 Å². The fraction of sp³-hybridized carbons (Fsp3) is 0.222. The fourth-order valence-corrected chi connectivity index (χ4v) is 3.19. The summed E-state index contributed by atoms with van der Waals surface area (Å²) in [5.74, 6) is -1.70. The molecule has 1 aromatic carbocycles. The summed E-state index contributed by atoms with van der Waals surface area (Å²) < 4.78 is 13.2. The van der Waals surface area contributed by atoms with Crippen LogP contribution < -0.4 is 10.6 Å². The predicted octanol–water partition coefficient (Wildman–Crippen LogP) is 3.24. The van der Waals surface area contributed by atoms with Crippen molar-refractivity contribution in [3.8, 4) is 0 Å². The van der Waals surface area contributed by atoms with Gasteiger partial charge in [0.1, 0.15) is 17.9 Å². The van der Waals surface area contributed by atoms with E-state index in [9.17, 15) is 18.8 Å². The maximum absolute atomic E-state index is 13.2. The van der Waals surface area contributed by atoms with Crippen LogP contribution in [0, 0.1) is 12.7 Å². The molecule has 1 aliphatic heterocycles. The average molecular weight is 425 g/mol. The molecule has 3 rings (SSSR count). The second kappa shape index (κ2) is 7.37. The van der Waals surface area contributed by atoms with E-state index in [1.54, 1.807) is 6.92 Å². The van der Waals surface area contributed by atoms with Crippen LogP contribution in [0.1, 0.15) is 18.2 Å². The molecule has 0 radical (unpaired) electrons. The van der Waals surface area contributed by atoms with Crippen LogP contribution in [0.3, 0.4) is 0 Å². The van der Waals surface area contributed by atoms with Crippen LogP contribution >= 0.6 is 23.2 Å². The Kier molecular flexibility index (Phi) is 5.27. The molecule has 28 heavy (non-hydrogen) atoms. The number of imide groups is 1. The molecule has 2 aromatic rings. The number of hydrogen-bond donors (Lipinski definition) is 2. The van der Waals surface area contributed by atoms with E-state index in [-0.39, 0.29) is 10.8 Å². The predicted molar refractivity (Wildman–Crippen MR) is 102 cm³/mol. The number of rotatable bonds is 4. The van der Waals surface area contributed by atoms with E-state index < -0.39 is 35.7 Å². The third-order valence-corrected chi connectivity index (χ3v) is 5.03. The van der Waals surface area contributed by atoms with E-state index in [0.717, 1.165) is 4.90 Å². The summed E-state index contributed by atoms with van der Waals surface area (Å²) in [6, 6.07) is 5.87. The van der Waals surface area contributed by atoms with Crippen molar-refractivity contribution in [2.45, 2.75) is 19.4 Å². The number of aromatic nitrogens is 1. The van der Waals surface area contributed by atoms with Crippen LogP contribution in [-0.4, -0.2) is 34.3 Å². The van der Waals surface area contributed by atoms with E-state index in [1.807, 2.05) is 0 Å². The molecule has 7 nitrogen and oxygen atoms in total. The van der Waals surface area contributed by atoms with Crippen molar-refractivity contribution in [2.24, 2.45) is 0 Å². The summed E-state index contributed by atoms with van der Waals surface area (Å²) in [5, 5.41) is 5.46. The first-order chi connectivity index (χ1) is 13.1. The molecule has 1 saturated heterocycles. The summed E-state index contributed by atoms with van der Waals surface area (Å²) in [6.45, 7) is 2.58. The summed E-state index contributed by atoms with van der Waals surface area (Å²) in [4.78, 5) is 42.2. The molecule has 1 aromatic heterocycles. The Morgan fingerprint density at radius 2 is 1.89 bits per heavy atom. The molecule has 10 heteroatoms. The topological polar surface area (TPSA) is 91.4 Å². The molecule has 1 unspecified atom stereocenters. The van der Waals surface area contributed by atoms with Crippen LogP contribution in [0.25, 0.3) is 0 Å². The highest BCUT2D eigenvalue weighted by molar-refractivity contribution is 6.36. The summed E-state index contributed by atoms with van der Waals surface area (Å²) >= 11 is 11.9. The fourth-order valence-electron chi connectivity index (χ4n) is 2.78. The van der Waals surface area contributed by atoms with Gasteiger partial charge in [-0.15, -0.1) is 0 Å². The van der Waals surface area contributed by atoms with Gasteiger partial charge in [-0.05, 0) is 37.6 Å². The Balaban J connectivity index is 1.76. The maximum atomic E-state index is 13.2. The van der Waals surface area contributed by atoms with Crippen LogP contribution in [0.15, 0.2) is 30.3 Å². The van der Waals surface area contributed by atoms with Crippen molar-refractivity contribution < 1.29 is 18.8 Å². The number of pyridine rings is 1. The summed E-state index contributed by atoms with van der Waals surface area (Å²) in [6.07, 6.45) is 0. The molecule has 0 saturated carbocycles. The number of nitrogens with zero attached hydrogens (tertiary/aromatic N) is 2. The molecular formula is C18H15Cl2FN4O3. The number of hydrogen-bond acceptors (Lipinski definition) is 4. The van der Waals surface area contributed by atoms with E-state index in [0.29, 0.717) is 16.3 Å². The second-order valence-electron chi connectivity index (χ2n) is 6.39. The van der Waals surface area contributed by atoms with Gasteiger partial charge in [-0.1, -0.05) is 35.3 Å². The number of halogens is 3. The minimum atomic E-state index is -1.40. The molecule has 2 N–H and O–H groups in total. The number of urea groups is 1. The molecule has 1 fully saturated rings. The van der Waals surface area contributed by atoms with Gasteiger partial charge in [0.15, 0.2) is 5.82 Å². The van der Waals surface area contributed by atoms with Crippen molar-refractivity contribution in [3.05, 3.63) is 57.5 Å². The molecule has 146 valence electrons. The number of anilines is 1. The first-order valence-electron chi connectivity index (χ1n) is 8.14. The number of amides is 4. The molecule has 2 heterocycles. The number of nitrogens with one attached hydrogen (secondary N) is 2. The van der Waals surface area contributed by atoms with Gasteiger partial charge < -0.3 is 10.6 Å². The summed E-state index contributed by atoms with van der Waals surface area (Å²) in [5.41, 5.74) is -0.550. The third kappa shape index (κ3) is 3.65. The smallest absolute Gasteiger partial charge is 0.319 e. The van der Waals surface area contributed by atoms with Gasteiger partial charge in [-0.2, -0.15) is 0 Å². The summed E-state index contributed by atoms with van der Waals surface area (Å²) in [7, 11) is 0. The molecule has 4 amide bonds. The second-order valence-corrected chi connectivity index (χ2v) is 7.20. The zero-order chi connectivity index (χ0) is 20.6. The van der Waals surface area contributed by atoms with Gasteiger partial charge in [0, 0.05) is 0 Å². The van der Waals surface area contributed by atoms with Gasteiger partial charge >= 0.3 is 6.03 Å². The zero-order valence-corrected chi connectivity index (χ0v) is 16.4. The molecule has 1 atom stereocenters. The SMILES string of the molecule is Cc1nc(NC(=O)CN2C(=O)NC(C)(c3ccc(F)cc3)C2=O)c(Cl)cc1Cl.